The highest BCUT2D eigenvalue weighted by Gasteiger charge is 2.05. The average Bonchev–Trinajstić information content (AvgIpc) is 2.53. The molecule has 8 nitrogen and oxygen atoms in total. The van der Waals surface area contributed by atoms with Gasteiger partial charge < -0.3 is 29.9 Å². The molecule has 4 N–H and O–H groups in total. The van der Waals surface area contributed by atoms with E-state index in [0.717, 1.165) is 25.0 Å². The van der Waals surface area contributed by atoms with Crippen LogP contribution >= 0.6 is 0 Å². The molecule has 0 saturated heterocycles. The number of aliphatic hydroxyl groups excluding tert-OH is 3. The molecule has 0 aromatic heterocycles. The Kier molecular flexibility index (Phi) is 24.0. The number of carbonyl (C=O) groups is 2. The molecule has 142 valence electrons. The minimum Gasteiger partial charge on any atom is -0.460 e. The van der Waals surface area contributed by atoms with E-state index < -0.39 is 24.5 Å². The van der Waals surface area contributed by atoms with Crippen LogP contribution in [0.25, 0.3) is 0 Å². The molecule has 24 heavy (non-hydrogen) atoms. The number of aliphatic hydroxyl groups is 4. The Labute approximate surface area is 143 Å². The topological polar surface area (TPSA) is 134 Å². The van der Waals surface area contributed by atoms with E-state index in [1.807, 2.05) is 13.8 Å². The summed E-state index contributed by atoms with van der Waals surface area (Å²) in [4.78, 5) is 20.5. The molecule has 0 aliphatic rings. The summed E-state index contributed by atoms with van der Waals surface area (Å²) < 4.78 is 8.77. The highest BCUT2D eigenvalue weighted by molar-refractivity contribution is 5.81. The molecular formula is C16H30O8. The van der Waals surface area contributed by atoms with Crippen molar-refractivity contribution in [3.8, 4) is 0 Å². The Morgan fingerprint density at radius 2 is 1.50 bits per heavy atom. The van der Waals surface area contributed by atoms with Gasteiger partial charge in [-0.25, -0.2) is 9.59 Å². The lowest BCUT2D eigenvalue weighted by atomic mass is 10.3. The van der Waals surface area contributed by atoms with Crippen LogP contribution in [0.15, 0.2) is 25.3 Å². The molecule has 0 spiro atoms. The molecule has 8 heteroatoms. The number of esters is 2. The van der Waals surface area contributed by atoms with Crippen LogP contribution in [-0.4, -0.2) is 58.2 Å². The molecular weight excluding hydrogens is 320 g/mol. The van der Waals surface area contributed by atoms with E-state index in [9.17, 15) is 9.59 Å². The molecule has 0 saturated carbocycles. The number of rotatable bonds is 9. The lowest BCUT2D eigenvalue weighted by Gasteiger charge is -2.07. The summed E-state index contributed by atoms with van der Waals surface area (Å²) in [7, 11) is 0. The van der Waals surface area contributed by atoms with Crippen LogP contribution in [0.2, 0.25) is 0 Å². The van der Waals surface area contributed by atoms with Crippen molar-refractivity contribution in [1.82, 2.24) is 0 Å². The van der Waals surface area contributed by atoms with E-state index in [1.54, 1.807) is 0 Å². The van der Waals surface area contributed by atoms with Crippen LogP contribution in [0.5, 0.6) is 0 Å². The van der Waals surface area contributed by atoms with Gasteiger partial charge in [0, 0.05) is 18.6 Å². The molecule has 0 heterocycles. The van der Waals surface area contributed by atoms with Crippen LogP contribution in [-0.2, 0) is 19.1 Å². The summed E-state index contributed by atoms with van der Waals surface area (Å²) in [6, 6.07) is 0. The highest BCUT2D eigenvalue weighted by atomic mass is 16.6. The molecule has 0 aliphatic heterocycles. The summed E-state index contributed by atoms with van der Waals surface area (Å²) in [5, 5.41) is 33.2. The zero-order valence-corrected chi connectivity index (χ0v) is 14.4. The first-order valence-corrected chi connectivity index (χ1v) is 7.56. The van der Waals surface area contributed by atoms with E-state index in [0.29, 0.717) is 12.8 Å². The Morgan fingerprint density at radius 1 is 1.00 bits per heavy atom. The predicted molar refractivity (Wildman–Crippen MR) is 88.6 cm³/mol. The fourth-order valence-corrected chi connectivity index (χ4v) is 0.951. The summed E-state index contributed by atoms with van der Waals surface area (Å²) in [5.74, 6) is -1.08. The van der Waals surface area contributed by atoms with Gasteiger partial charge >= 0.3 is 11.9 Å². The van der Waals surface area contributed by atoms with Crippen LogP contribution in [0.1, 0.15) is 39.5 Å². The molecule has 1 unspecified atom stereocenters. The predicted octanol–water partition coefficient (Wildman–Crippen LogP) is 0.639. The minimum absolute atomic E-state index is 0.0465. The fraction of sp³-hybridized carbons (Fsp3) is 0.625. The van der Waals surface area contributed by atoms with Crippen LogP contribution in [0.3, 0.4) is 0 Å². The summed E-state index contributed by atoms with van der Waals surface area (Å²) in [6.07, 6.45) is 2.57. The third-order valence-electron chi connectivity index (χ3n) is 2.00. The van der Waals surface area contributed by atoms with Gasteiger partial charge in [0.25, 0.3) is 0 Å². The summed E-state index contributed by atoms with van der Waals surface area (Å²) >= 11 is 0. The minimum atomic E-state index is -1.10. The lowest BCUT2D eigenvalue weighted by molar-refractivity contribution is -0.162. The lowest BCUT2D eigenvalue weighted by Crippen LogP contribution is -2.15. The standard InChI is InChI=1S/C7H12O3.C5H8O3.C4H10O2/c1-3-5-7(9)10-6(8)4-2;1-2-5(7)8-4-3-6;1-2-3-4(5)6/h4,7,9H,2-3,5H2,1H3;2,6H,1,3-4H2;4-6H,2-3H2,1H3. The van der Waals surface area contributed by atoms with Crippen LogP contribution in [0, 0.1) is 0 Å². The van der Waals surface area contributed by atoms with Crippen LogP contribution in [0.4, 0.5) is 0 Å². The van der Waals surface area contributed by atoms with Gasteiger partial charge in [-0.2, -0.15) is 0 Å². The van der Waals surface area contributed by atoms with Gasteiger partial charge in [-0.15, -0.1) is 0 Å². The third kappa shape index (κ3) is 28.4. The molecule has 0 amide bonds. The molecule has 0 rings (SSSR count). The van der Waals surface area contributed by atoms with Gasteiger partial charge in [0.2, 0.25) is 6.29 Å². The largest absolute Gasteiger partial charge is 0.460 e. The van der Waals surface area contributed by atoms with Gasteiger partial charge in [-0.1, -0.05) is 39.8 Å². The number of hydrogen-bond donors (Lipinski definition) is 4. The molecule has 0 aromatic carbocycles. The summed E-state index contributed by atoms with van der Waals surface area (Å²) in [5.41, 5.74) is 0. The number of carbonyl (C=O) groups excluding carboxylic acids is 2. The first kappa shape index (κ1) is 27.1. The maximum Gasteiger partial charge on any atom is 0.332 e. The molecule has 0 radical (unpaired) electrons. The summed E-state index contributed by atoms with van der Waals surface area (Å²) in [6.45, 7) is 10.0. The zero-order chi connectivity index (χ0) is 19.4. The van der Waals surface area contributed by atoms with E-state index in [4.69, 9.17) is 20.4 Å². The molecule has 1 atom stereocenters. The second-order valence-electron chi connectivity index (χ2n) is 4.25. The maximum atomic E-state index is 10.4. The normalized spacial score (nSPS) is 10.3. The van der Waals surface area contributed by atoms with Crippen molar-refractivity contribution in [2.24, 2.45) is 0 Å². The quantitative estimate of drug-likeness (QED) is 0.270. The van der Waals surface area contributed by atoms with Crippen LogP contribution < -0.4 is 0 Å². The zero-order valence-electron chi connectivity index (χ0n) is 14.4. The smallest absolute Gasteiger partial charge is 0.332 e. The monoisotopic (exact) mass is 350 g/mol. The van der Waals surface area contributed by atoms with Gasteiger partial charge in [-0.05, 0) is 6.42 Å². The Morgan fingerprint density at radius 3 is 1.79 bits per heavy atom. The second-order valence-corrected chi connectivity index (χ2v) is 4.25. The third-order valence-corrected chi connectivity index (χ3v) is 2.00. The van der Waals surface area contributed by atoms with Gasteiger partial charge in [-0.3, -0.25) is 0 Å². The molecule has 0 aliphatic carbocycles. The average molecular weight is 350 g/mol. The second kappa shape index (κ2) is 21.3. The van der Waals surface area contributed by atoms with Crippen molar-refractivity contribution >= 4 is 11.9 Å². The van der Waals surface area contributed by atoms with Crippen molar-refractivity contribution in [3.63, 3.8) is 0 Å². The number of hydrogen-bond acceptors (Lipinski definition) is 8. The molecule has 0 aromatic rings. The van der Waals surface area contributed by atoms with Gasteiger partial charge in [0.15, 0.2) is 6.29 Å². The number of ether oxygens (including phenoxy) is 2. The first-order valence-electron chi connectivity index (χ1n) is 7.56. The Bertz CT molecular complexity index is 328. The highest BCUT2D eigenvalue weighted by Crippen LogP contribution is 1.97. The van der Waals surface area contributed by atoms with Crippen molar-refractivity contribution in [2.75, 3.05) is 13.2 Å². The van der Waals surface area contributed by atoms with E-state index in [1.165, 1.54) is 0 Å². The van der Waals surface area contributed by atoms with Crippen molar-refractivity contribution in [1.29, 1.82) is 0 Å². The van der Waals surface area contributed by atoms with Crippen molar-refractivity contribution < 1.29 is 39.5 Å². The SMILES string of the molecule is C=CC(=O)OC(O)CCC.C=CC(=O)OCCO.CCCC(O)O. The molecule has 0 fully saturated rings. The Balaban J connectivity index is -0.000000285. The van der Waals surface area contributed by atoms with E-state index >= 15 is 0 Å². The van der Waals surface area contributed by atoms with Crippen molar-refractivity contribution in [3.05, 3.63) is 25.3 Å². The first-order chi connectivity index (χ1) is 11.3. The fourth-order valence-electron chi connectivity index (χ4n) is 0.951. The van der Waals surface area contributed by atoms with E-state index in [2.05, 4.69) is 22.6 Å². The molecule has 0 bridgehead atoms. The maximum absolute atomic E-state index is 10.4. The van der Waals surface area contributed by atoms with Gasteiger partial charge in [0.05, 0.1) is 6.61 Å². The van der Waals surface area contributed by atoms with Gasteiger partial charge in [0.1, 0.15) is 6.61 Å². The Hall–Kier alpha value is -1.74. The van der Waals surface area contributed by atoms with E-state index in [-0.39, 0.29) is 13.2 Å². The van der Waals surface area contributed by atoms with Crippen molar-refractivity contribution in [2.45, 2.75) is 52.1 Å².